The number of hydrogen-bond acceptors (Lipinski definition) is 12. The maximum absolute atomic E-state index is 13.9. The van der Waals surface area contributed by atoms with Crippen molar-refractivity contribution in [2.24, 2.45) is 5.73 Å². The van der Waals surface area contributed by atoms with E-state index in [4.69, 9.17) is 5.73 Å². The van der Waals surface area contributed by atoms with Crippen LogP contribution in [0.4, 0.5) is 5.69 Å². The molecule has 1 aromatic rings. The van der Waals surface area contributed by atoms with E-state index in [0.29, 0.717) is 6.29 Å². The molecule has 3 aliphatic rings. The summed E-state index contributed by atoms with van der Waals surface area (Å²) in [4.78, 5) is 53.3. The van der Waals surface area contributed by atoms with Gasteiger partial charge in [0.25, 0.3) is 5.91 Å². The molecule has 13 nitrogen and oxygen atoms in total. The van der Waals surface area contributed by atoms with E-state index in [2.05, 4.69) is 0 Å². The molecule has 0 aromatic heterocycles. The van der Waals surface area contributed by atoms with E-state index < -0.39 is 81.6 Å². The number of phenols is 1. The molecule has 8 N–H and O–H groups in total. The molecule has 4 atom stereocenters. The number of Topliss-reactive ketones (excluding diaryl/α,β-unsaturated/α-hetero) is 2. The Labute approximate surface area is 210 Å². The van der Waals surface area contributed by atoms with E-state index >= 15 is 0 Å². The number of anilines is 1. The van der Waals surface area contributed by atoms with Gasteiger partial charge in [-0.15, -0.1) is 0 Å². The van der Waals surface area contributed by atoms with Gasteiger partial charge in [-0.1, -0.05) is 0 Å². The first-order valence-corrected chi connectivity index (χ1v) is 11.1. The minimum Gasteiger partial charge on any atom is -0.508 e. The SMILES string of the molecule is CN(C)c1cc(C=O)c(O)c2c1C[C@@]1(O)C[C@@]3(O)[C@@H](N(C)C)C(=O)C(C(N)=O)=C(O)[C@@]3(O)C(=O)C1=C2O. The quantitative estimate of drug-likeness (QED) is 0.171. The van der Waals surface area contributed by atoms with Crippen molar-refractivity contribution in [2.75, 3.05) is 33.1 Å². The number of fused-ring (bicyclic) bond motifs is 3. The van der Waals surface area contributed by atoms with Crippen LogP contribution < -0.4 is 10.6 Å². The van der Waals surface area contributed by atoms with Crippen LogP contribution in [-0.2, 0) is 20.8 Å². The summed E-state index contributed by atoms with van der Waals surface area (Å²) in [5.41, 5.74) is -5.70. The van der Waals surface area contributed by atoms with Gasteiger partial charge in [-0.05, 0) is 25.7 Å². The molecule has 0 heterocycles. The Morgan fingerprint density at radius 1 is 1.11 bits per heavy atom. The summed E-state index contributed by atoms with van der Waals surface area (Å²) in [6, 6.07) is -0.521. The van der Waals surface area contributed by atoms with Crippen molar-refractivity contribution in [3.63, 3.8) is 0 Å². The van der Waals surface area contributed by atoms with E-state index in [1.54, 1.807) is 14.1 Å². The lowest BCUT2D eigenvalue weighted by Crippen LogP contribution is -2.79. The fourth-order valence-electron chi connectivity index (χ4n) is 5.95. The molecule has 1 amide bonds. The number of carbonyl (C=O) groups excluding carboxylic acids is 4. The normalized spacial score (nSPS) is 31.2. The fourth-order valence-corrected chi connectivity index (χ4v) is 5.95. The number of ketones is 2. The number of amides is 1. The summed E-state index contributed by atoms with van der Waals surface area (Å²) in [5, 5.41) is 67.9. The number of nitrogens with two attached hydrogens (primary N) is 1. The molecule has 37 heavy (non-hydrogen) atoms. The summed E-state index contributed by atoms with van der Waals surface area (Å²) in [7, 11) is 5.79. The molecule has 3 aliphatic carbocycles. The van der Waals surface area contributed by atoms with Gasteiger partial charge in [-0.3, -0.25) is 24.1 Å². The molecule has 1 aromatic carbocycles. The lowest BCUT2D eigenvalue weighted by Gasteiger charge is -2.57. The van der Waals surface area contributed by atoms with Crippen LogP contribution in [0.15, 0.2) is 23.0 Å². The second kappa shape index (κ2) is 7.86. The highest BCUT2D eigenvalue weighted by atomic mass is 16.4. The fraction of sp³-hybridized carbons (Fsp3) is 0.417. The highest BCUT2D eigenvalue weighted by molar-refractivity contribution is 6.25. The van der Waals surface area contributed by atoms with Gasteiger partial charge in [0.05, 0.1) is 16.7 Å². The molecule has 0 unspecified atom stereocenters. The van der Waals surface area contributed by atoms with Crippen molar-refractivity contribution in [1.29, 1.82) is 0 Å². The summed E-state index contributed by atoms with van der Waals surface area (Å²) < 4.78 is 0. The van der Waals surface area contributed by atoms with Crippen molar-refractivity contribution in [3.8, 4) is 5.75 Å². The number of likely N-dealkylation sites (N-methyl/N-ethyl adjacent to an activating group) is 1. The number of aldehydes is 1. The zero-order valence-electron chi connectivity index (χ0n) is 20.4. The number of benzene rings is 1. The van der Waals surface area contributed by atoms with Gasteiger partial charge in [0, 0.05) is 32.6 Å². The van der Waals surface area contributed by atoms with Gasteiger partial charge in [-0.25, -0.2) is 0 Å². The van der Waals surface area contributed by atoms with Crippen molar-refractivity contribution >= 4 is 35.2 Å². The Morgan fingerprint density at radius 3 is 2.19 bits per heavy atom. The van der Waals surface area contributed by atoms with Crippen molar-refractivity contribution < 1.29 is 49.8 Å². The Hall–Kier alpha value is -3.78. The molecule has 0 saturated heterocycles. The van der Waals surface area contributed by atoms with Crippen LogP contribution in [0.2, 0.25) is 0 Å². The first-order chi connectivity index (χ1) is 17.0. The number of aliphatic hydroxyl groups is 5. The predicted molar refractivity (Wildman–Crippen MR) is 127 cm³/mol. The third-order valence-electron chi connectivity index (χ3n) is 7.46. The monoisotopic (exact) mass is 517 g/mol. The lowest BCUT2D eigenvalue weighted by molar-refractivity contribution is -0.216. The summed E-state index contributed by atoms with van der Waals surface area (Å²) in [6.45, 7) is 0. The maximum atomic E-state index is 13.9. The molecule has 4 rings (SSSR count). The highest BCUT2D eigenvalue weighted by Gasteiger charge is 2.75. The molecular formula is C24H27N3O10. The number of primary amides is 1. The minimum absolute atomic E-state index is 0.111. The highest BCUT2D eigenvalue weighted by Crippen LogP contribution is 2.57. The van der Waals surface area contributed by atoms with Crippen LogP contribution >= 0.6 is 0 Å². The molecule has 198 valence electrons. The topological polar surface area (TPSA) is 222 Å². The Bertz CT molecular complexity index is 1360. The number of rotatable bonds is 4. The molecule has 0 bridgehead atoms. The zero-order valence-corrected chi connectivity index (χ0v) is 20.4. The van der Waals surface area contributed by atoms with E-state index in [1.165, 1.54) is 25.1 Å². The number of aliphatic hydroxyl groups excluding tert-OH is 2. The van der Waals surface area contributed by atoms with Crippen LogP contribution in [0.25, 0.3) is 5.76 Å². The van der Waals surface area contributed by atoms with E-state index in [1.807, 2.05) is 0 Å². The van der Waals surface area contributed by atoms with E-state index in [-0.39, 0.29) is 22.4 Å². The van der Waals surface area contributed by atoms with Gasteiger partial charge in [0.2, 0.25) is 11.4 Å². The largest absolute Gasteiger partial charge is 0.508 e. The number of aromatic hydroxyl groups is 1. The van der Waals surface area contributed by atoms with Crippen molar-refractivity contribution in [1.82, 2.24) is 4.90 Å². The second-order valence-corrected chi connectivity index (χ2v) is 10.1. The number of carbonyl (C=O) groups is 4. The summed E-state index contributed by atoms with van der Waals surface area (Å²) >= 11 is 0. The van der Waals surface area contributed by atoms with Gasteiger partial charge >= 0.3 is 0 Å². The predicted octanol–water partition coefficient (Wildman–Crippen LogP) is -1.93. The average molecular weight is 517 g/mol. The summed E-state index contributed by atoms with van der Waals surface area (Å²) in [6.07, 6.45) is -1.15. The number of phenolic OH excluding ortho intramolecular Hbond substituents is 1. The molecular weight excluding hydrogens is 490 g/mol. The van der Waals surface area contributed by atoms with Crippen LogP contribution in [-0.4, -0.2) is 110 Å². The molecule has 1 saturated carbocycles. The first-order valence-electron chi connectivity index (χ1n) is 11.1. The Morgan fingerprint density at radius 2 is 1.70 bits per heavy atom. The van der Waals surface area contributed by atoms with Crippen molar-refractivity contribution in [3.05, 3.63) is 39.7 Å². The van der Waals surface area contributed by atoms with Gasteiger partial charge in [0.1, 0.15) is 34.3 Å². The molecule has 0 radical (unpaired) electrons. The standard InChI is InChI=1S/C24H27N3O10/c1-26(2)11-5-9(7-28)15(29)12-10(11)6-22(35)8-23(36)18(27(3)4)17(31)13(21(25)34)19(32)24(23,37)20(33)14(22)16(12)30/h5,7,18,29-30,32,35-37H,6,8H2,1-4H3,(H2,25,34)/t18-,22+,23+,24+/m0/s1. The van der Waals surface area contributed by atoms with Crippen LogP contribution in [0.1, 0.15) is 27.9 Å². The number of hydrogen-bond donors (Lipinski definition) is 7. The van der Waals surface area contributed by atoms with Gasteiger partial charge in [-0.2, -0.15) is 0 Å². The van der Waals surface area contributed by atoms with Gasteiger partial charge in [0.15, 0.2) is 17.8 Å². The molecule has 0 spiro atoms. The molecule has 1 fully saturated rings. The first kappa shape index (κ1) is 26.3. The third-order valence-corrected chi connectivity index (χ3v) is 7.46. The molecule has 0 aliphatic heterocycles. The number of nitrogens with zero attached hydrogens (tertiary/aromatic N) is 2. The van der Waals surface area contributed by atoms with Crippen LogP contribution in [0.5, 0.6) is 5.75 Å². The second-order valence-electron chi connectivity index (χ2n) is 10.1. The third kappa shape index (κ3) is 3.05. The van der Waals surface area contributed by atoms with Crippen molar-refractivity contribution in [2.45, 2.75) is 35.7 Å². The minimum atomic E-state index is -3.39. The average Bonchev–Trinajstić information content (AvgIpc) is 2.75. The van der Waals surface area contributed by atoms with E-state index in [0.717, 1.165) is 4.90 Å². The van der Waals surface area contributed by atoms with Crippen LogP contribution in [0, 0.1) is 0 Å². The lowest BCUT2D eigenvalue weighted by atomic mass is 9.53. The smallest absolute Gasteiger partial charge is 0.255 e. The maximum Gasteiger partial charge on any atom is 0.255 e. The summed E-state index contributed by atoms with van der Waals surface area (Å²) in [5.74, 6) is -7.53. The molecule has 13 heteroatoms. The van der Waals surface area contributed by atoms with E-state index in [9.17, 15) is 49.8 Å². The Balaban J connectivity index is 2.13. The zero-order chi connectivity index (χ0) is 28.0. The van der Waals surface area contributed by atoms with Gasteiger partial charge < -0.3 is 41.3 Å². The Kier molecular flexibility index (Phi) is 5.58. The van der Waals surface area contributed by atoms with Crippen LogP contribution in [0.3, 0.4) is 0 Å².